The fraction of sp³-hybridized carbons (Fsp3) is 0.357. The normalized spacial score (nSPS) is 10.8. The van der Waals surface area contributed by atoms with E-state index in [9.17, 15) is 4.79 Å². The van der Waals surface area contributed by atoms with E-state index in [4.69, 9.17) is 4.33 Å². The number of amides is 2. The van der Waals surface area contributed by atoms with Gasteiger partial charge in [-0.1, -0.05) is 0 Å². The van der Waals surface area contributed by atoms with Crippen molar-refractivity contribution < 1.29 is 14.0 Å². The van der Waals surface area contributed by atoms with Crippen LogP contribution < -0.4 is 16.2 Å². The standard InChI is InChI=1S/C14H19N5O3S/c1-8(2)15-14(20)19-18-13-11-7-10(23-22-21-4)5-6-12(11)16-9(3)17-13/h5-8H,1-4H3,(H2,15,19,20)(H,16,17,18). The predicted molar refractivity (Wildman–Crippen MR) is 88.7 cm³/mol. The van der Waals surface area contributed by atoms with Crippen molar-refractivity contribution in [2.45, 2.75) is 31.7 Å². The number of aryl methyl sites for hydroxylation is 1. The zero-order valence-electron chi connectivity index (χ0n) is 13.3. The zero-order chi connectivity index (χ0) is 16.8. The zero-order valence-corrected chi connectivity index (χ0v) is 14.2. The number of hydrogen-bond acceptors (Lipinski definition) is 7. The fourth-order valence-corrected chi connectivity index (χ4v) is 2.29. The molecule has 3 N–H and O–H groups in total. The highest BCUT2D eigenvalue weighted by Gasteiger charge is 2.09. The van der Waals surface area contributed by atoms with Gasteiger partial charge in [-0.15, -0.1) is 0 Å². The van der Waals surface area contributed by atoms with E-state index in [1.165, 1.54) is 7.11 Å². The van der Waals surface area contributed by atoms with Gasteiger partial charge in [0.2, 0.25) is 0 Å². The number of hydrogen-bond donors (Lipinski definition) is 3. The molecule has 1 heterocycles. The summed E-state index contributed by atoms with van der Waals surface area (Å²) in [5.74, 6) is 1.10. The lowest BCUT2D eigenvalue weighted by Crippen LogP contribution is -2.42. The maximum absolute atomic E-state index is 11.7. The first-order chi connectivity index (χ1) is 11.0. The number of carbonyl (C=O) groups is 1. The third-order valence-corrected chi connectivity index (χ3v) is 3.34. The predicted octanol–water partition coefficient (Wildman–Crippen LogP) is 2.56. The topological polar surface area (TPSA) is 97.4 Å². The molecular weight excluding hydrogens is 318 g/mol. The Kier molecular flexibility index (Phi) is 5.97. The van der Waals surface area contributed by atoms with Crippen LogP contribution in [0.5, 0.6) is 0 Å². The lowest BCUT2D eigenvalue weighted by molar-refractivity contribution is -0.160. The largest absolute Gasteiger partial charge is 0.335 e. The molecule has 2 rings (SSSR count). The van der Waals surface area contributed by atoms with Gasteiger partial charge in [0.1, 0.15) is 5.82 Å². The Bertz CT molecular complexity index is 695. The number of carbonyl (C=O) groups excluding carboxylic acids is 1. The van der Waals surface area contributed by atoms with Crippen molar-refractivity contribution in [2.24, 2.45) is 0 Å². The van der Waals surface area contributed by atoms with E-state index in [0.29, 0.717) is 11.6 Å². The smallest absolute Gasteiger partial charge is 0.333 e. The van der Waals surface area contributed by atoms with Crippen molar-refractivity contribution in [3.63, 3.8) is 0 Å². The third-order valence-electron chi connectivity index (χ3n) is 2.69. The molecule has 0 aliphatic heterocycles. The Morgan fingerprint density at radius 2 is 2.09 bits per heavy atom. The minimum Gasteiger partial charge on any atom is -0.335 e. The lowest BCUT2D eigenvalue weighted by Gasteiger charge is -2.13. The molecule has 0 aliphatic rings. The summed E-state index contributed by atoms with van der Waals surface area (Å²) in [7, 11) is 1.44. The Labute approximate surface area is 138 Å². The number of urea groups is 1. The van der Waals surface area contributed by atoms with Crippen LogP contribution in [0.3, 0.4) is 0 Å². The van der Waals surface area contributed by atoms with E-state index < -0.39 is 0 Å². The van der Waals surface area contributed by atoms with Crippen LogP contribution in [-0.2, 0) is 9.22 Å². The second-order valence-electron chi connectivity index (χ2n) is 4.99. The molecule has 0 bridgehead atoms. The highest BCUT2D eigenvalue weighted by Crippen LogP contribution is 2.27. The minimum atomic E-state index is -0.335. The molecule has 0 spiro atoms. The van der Waals surface area contributed by atoms with Gasteiger partial charge in [-0.05, 0) is 39.0 Å². The quantitative estimate of drug-likeness (QED) is 0.423. The van der Waals surface area contributed by atoms with Gasteiger partial charge in [0.15, 0.2) is 5.82 Å². The second kappa shape index (κ2) is 7.95. The first kappa shape index (κ1) is 17.3. The Balaban J connectivity index is 2.24. The number of nitrogens with zero attached hydrogens (tertiary/aromatic N) is 2. The molecule has 2 aromatic rings. The molecule has 0 fully saturated rings. The van der Waals surface area contributed by atoms with E-state index in [2.05, 4.69) is 31.0 Å². The number of aromatic nitrogens is 2. The summed E-state index contributed by atoms with van der Waals surface area (Å²) >= 11 is 1.08. The SMILES string of the molecule is COOSc1ccc2nc(C)nc(NNC(=O)NC(C)C)c2c1. The maximum atomic E-state index is 11.7. The fourth-order valence-electron chi connectivity index (χ4n) is 1.86. The molecule has 8 nitrogen and oxygen atoms in total. The van der Waals surface area contributed by atoms with Crippen LogP contribution in [0.15, 0.2) is 23.1 Å². The van der Waals surface area contributed by atoms with E-state index in [0.717, 1.165) is 27.8 Å². The van der Waals surface area contributed by atoms with Gasteiger partial charge in [-0.25, -0.2) is 19.7 Å². The number of anilines is 1. The molecule has 0 radical (unpaired) electrons. The van der Waals surface area contributed by atoms with Crippen LogP contribution >= 0.6 is 12.0 Å². The summed E-state index contributed by atoms with van der Waals surface area (Å²) in [5.41, 5.74) is 6.14. The monoisotopic (exact) mass is 337 g/mol. The van der Waals surface area contributed by atoms with Gasteiger partial charge in [0.25, 0.3) is 0 Å². The highest BCUT2D eigenvalue weighted by molar-refractivity contribution is 7.94. The van der Waals surface area contributed by atoms with Crippen LogP contribution in [0.1, 0.15) is 19.7 Å². The molecule has 1 aromatic carbocycles. The summed E-state index contributed by atoms with van der Waals surface area (Å²) in [5, 5.41) is 3.47. The minimum absolute atomic E-state index is 0.0369. The van der Waals surface area contributed by atoms with Crippen molar-refractivity contribution in [3.05, 3.63) is 24.0 Å². The molecule has 9 heteroatoms. The van der Waals surface area contributed by atoms with Gasteiger partial charge in [-0.2, -0.15) is 4.33 Å². The maximum Gasteiger partial charge on any atom is 0.333 e. The van der Waals surface area contributed by atoms with Crippen LogP contribution in [0.2, 0.25) is 0 Å². The van der Waals surface area contributed by atoms with Gasteiger partial charge >= 0.3 is 6.03 Å². The average molecular weight is 337 g/mol. The van der Waals surface area contributed by atoms with Crippen molar-refractivity contribution in [3.8, 4) is 0 Å². The van der Waals surface area contributed by atoms with Crippen molar-refractivity contribution in [1.29, 1.82) is 0 Å². The Morgan fingerprint density at radius 1 is 1.30 bits per heavy atom. The molecule has 0 unspecified atom stereocenters. The van der Waals surface area contributed by atoms with Crippen molar-refractivity contribution in [1.82, 2.24) is 20.7 Å². The number of rotatable bonds is 6. The lowest BCUT2D eigenvalue weighted by atomic mass is 10.2. The second-order valence-corrected chi connectivity index (χ2v) is 5.77. The number of benzene rings is 1. The Morgan fingerprint density at radius 3 is 2.78 bits per heavy atom. The molecule has 23 heavy (non-hydrogen) atoms. The van der Waals surface area contributed by atoms with Gasteiger partial charge in [-0.3, -0.25) is 10.9 Å². The van der Waals surface area contributed by atoms with Crippen molar-refractivity contribution in [2.75, 3.05) is 12.5 Å². The van der Waals surface area contributed by atoms with Crippen LogP contribution in [0, 0.1) is 6.92 Å². The molecule has 0 atom stereocenters. The van der Waals surface area contributed by atoms with Crippen LogP contribution in [0.4, 0.5) is 10.6 Å². The number of hydrazine groups is 1. The van der Waals surface area contributed by atoms with Crippen LogP contribution in [-0.4, -0.2) is 29.2 Å². The molecular formula is C14H19N5O3S. The van der Waals surface area contributed by atoms with E-state index in [-0.39, 0.29) is 12.1 Å². The first-order valence-corrected chi connectivity index (χ1v) is 7.72. The molecule has 2 amide bonds. The van der Waals surface area contributed by atoms with E-state index >= 15 is 0 Å². The van der Waals surface area contributed by atoms with Gasteiger partial charge in [0.05, 0.1) is 24.7 Å². The summed E-state index contributed by atoms with van der Waals surface area (Å²) in [4.78, 5) is 25.8. The molecule has 0 saturated heterocycles. The van der Waals surface area contributed by atoms with Gasteiger partial charge < -0.3 is 5.32 Å². The first-order valence-electron chi connectivity index (χ1n) is 6.98. The van der Waals surface area contributed by atoms with Crippen molar-refractivity contribution >= 4 is 34.8 Å². The highest BCUT2D eigenvalue weighted by atomic mass is 32.2. The van der Waals surface area contributed by atoms with Crippen LogP contribution in [0.25, 0.3) is 10.9 Å². The summed E-state index contributed by atoms with van der Waals surface area (Å²) in [6, 6.07) is 5.27. The van der Waals surface area contributed by atoms with E-state index in [1.54, 1.807) is 6.92 Å². The van der Waals surface area contributed by atoms with E-state index in [1.807, 2.05) is 32.0 Å². The molecule has 0 aliphatic carbocycles. The van der Waals surface area contributed by atoms with Gasteiger partial charge in [0, 0.05) is 16.3 Å². The summed E-state index contributed by atoms with van der Waals surface area (Å²) in [6.07, 6.45) is 0. The summed E-state index contributed by atoms with van der Waals surface area (Å²) in [6.45, 7) is 5.54. The summed E-state index contributed by atoms with van der Waals surface area (Å²) < 4.78 is 4.85. The number of fused-ring (bicyclic) bond motifs is 1. The molecule has 0 saturated carbocycles. The Hall–Kier alpha value is -2.10. The number of nitrogens with one attached hydrogen (secondary N) is 3. The third kappa shape index (κ3) is 4.95. The molecule has 124 valence electrons. The average Bonchev–Trinajstić information content (AvgIpc) is 2.50. The molecule has 1 aromatic heterocycles.